The number of benzene rings is 1. The topological polar surface area (TPSA) is 52.6 Å². The van der Waals surface area contributed by atoms with E-state index in [1.165, 1.54) is 0 Å². The molecule has 19 heavy (non-hydrogen) atoms. The van der Waals surface area contributed by atoms with Crippen LogP contribution < -0.4 is 5.32 Å². The van der Waals surface area contributed by atoms with Crippen molar-refractivity contribution in [2.45, 2.75) is 12.5 Å². The van der Waals surface area contributed by atoms with E-state index in [4.69, 9.17) is 23.2 Å². The maximum absolute atomic E-state index is 11.6. The van der Waals surface area contributed by atoms with E-state index in [2.05, 4.69) is 5.32 Å². The molecule has 6 heteroatoms. The van der Waals surface area contributed by atoms with Gasteiger partial charge in [-0.3, -0.25) is 9.69 Å². The summed E-state index contributed by atoms with van der Waals surface area (Å²) in [5.74, 6) is -0.861. The molecule has 1 fully saturated rings. The summed E-state index contributed by atoms with van der Waals surface area (Å²) in [7, 11) is 0. The maximum Gasteiger partial charge on any atom is 0.325 e. The number of carboxylic acids is 1. The Morgan fingerprint density at radius 1 is 1.26 bits per heavy atom. The van der Waals surface area contributed by atoms with Gasteiger partial charge in [0.1, 0.15) is 6.04 Å². The van der Waals surface area contributed by atoms with Crippen LogP contribution in [0, 0.1) is 0 Å². The highest BCUT2D eigenvalue weighted by molar-refractivity contribution is 6.42. The molecule has 104 valence electrons. The minimum absolute atomic E-state index is 0.387. The van der Waals surface area contributed by atoms with Gasteiger partial charge in [-0.25, -0.2) is 0 Å². The number of nitrogens with zero attached hydrogens (tertiary/aromatic N) is 1. The first kappa shape index (κ1) is 14.6. The molecule has 4 nitrogen and oxygen atoms in total. The molecule has 1 aromatic carbocycles. The lowest BCUT2D eigenvalue weighted by Crippen LogP contribution is -2.36. The van der Waals surface area contributed by atoms with Gasteiger partial charge in [0.25, 0.3) is 0 Å². The van der Waals surface area contributed by atoms with Crippen molar-refractivity contribution in [2.24, 2.45) is 0 Å². The Labute approximate surface area is 122 Å². The third kappa shape index (κ3) is 3.60. The monoisotopic (exact) mass is 302 g/mol. The Hall–Kier alpha value is -0.810. The quantitative estimate of drug-likeness (QED) is 0.900. The molecular weight excluding hydrogens is 287 g/mol. The lowest BCUT2D eigenvalue weighted by Gasteiger charge is -2.27. The summed E-state index contributed by atoms with van der Waals surface area (Å²) in [6, 6.07) is 4.34. The molecule has 2 rings (SSSR count). The van der Waals surface area contributed by atoms with Crippen LogP contribution in [0.5, 0.6) is 0 Å². The van der Waals surface area contributed by atoms with Gasteiger partial charge in [-0.05, 0) is 30.7 Å². The summed E-state index contributed by atoms with van der Waals surface area (Å²) in [6.45, 7) is 3.18. The van der Waals surface area contributed by atoms with E-state index in [1.807, 2.05) is 4.90 Å². The van der Waals surface area contributed by atoms with E-state index >= 15 is 0 Å². The maximum atomic E-state index is 11.6. The van der Waals surface area contributed by atoms with Gasteiger partial charge in [0.2, 0.25) is 0 Å². The minimum Gasteiger partial charge on any atom is -0.480 e. The van der Waals surface area contributed by atoms with E-state index in [0.29, 0.717) is 22.2 Å². The van der Waals surface area contributed by atoms with Crippen molar-refractivity contribution in [1.82, 2.24) is 10.2 Å². The second-order valence-corrected chi connectivity index (χ2v) is 5.37. The molecular formula is C13H16Cl2N2O2. The van der Waals surface area contributed by atoms with E-state index in [1.54, 1.807) is 18.2 Å². The van der Waals surface area contributed by atoms with E-state index in [0.717, 1.165) is 26.1 Å². The Morgan fingerprint density at radius 3 is 2.74 bits per heavy atom. The second kappa shape index (κ2) is 6.57. The Morgan fingerprint density at radius 2 is 2.05 bits per heavy atom. The molecule has 1 unspecified atom stereocenters. The number of aliphatic carboxylic acids is 1. The molecule has 1 aliphatic heterocycles. The van der Waals surface area contributed by atoms with Crippen LogP contribution in [0.3, 0.4) is 0 Å². The van der Waals surface area contributed by atoms with Gasteiger partial charge in [0, 0.05) is 19.6 Å². The molecule has 1 saturated heterocycles. The van der Waals surface area contributed by atoms with Crippen LogP contribution in [0.1, 0.15) is 18.0 Å². The Kier molecular flexibility index (Phi) is 5.05. The first-order chi connectivity index (χ1) is 9.09. The third-order valence-electron chi connectivity index (χ3n) is 3.23. The van der Waals surface area contributed by atoms with Crippen molar-refractivity contribution in [3.8, 4) is 0 Å². The predicted molar refractivity (Wildman–Crippen MR) is 75.9 cm³/mol. The van der Waals surface area contributed by atoms with Gasteiger partial charge in [0.05, 0.1) is 10.0 Å². The molecule has 0 aliphatic carbocycles. The standard InChI is InChI=1S/C13H16Cl2N2O2/c14-10-3-2-9(8-11(10)15)12(13(18)19)17-6-1-4-16-5-7-17/h2-3,8,12,16H,1,4-7H2,(H,18,19). The number of hydrogen-bond donors (Lipinski definition) is 2. The van der Waals surface area contributed by atoms with Crippen molar-refractivity contribution in [1.29, 1.82) is 0 Å². The first-order valence-corrected chi connectivity index (χ1v) is 6.97. The highest BCUT2D eigenvalue weighted by Gasteiger charge is 2.28. The number of rotatable bonds is 3. The zero-order valence-corrected chi connectivity index (χ0v) is 11.9. The molecule has 2 N–H and O–H groups in total. The van der Waals surface area contributed by atoms with Crippen molar-refractivity contribution in [2.75, 3.05) is 26.2 Å². The molecule has 1 heterocycles. The van der Waals surface area contributed by atoms with Gasteiger partial charge in [-0.15, -0.1) is 0 Å². The van der Waals surface area contributed by atoms with Crippen LogP contribution in [0.25, 0.3) is 0 Å². The number of hydrogen-bond acceptors (Lipinski definition) is 3. The van der Waals surface area contributed by atoms with E-state index in [9.17, 15) is 9.90 Å². The Bertz CT molecular complexity index is 460. The number of nitrogens with one attached hydrogen (secondary N) is 1. The lowest BCUT2D eigenvalue weighted by molar-refractivity contribution is -0.143. The van der Waals surface area contributed by atoms with Crippen LogP contribution in [-0.4, -0.2) is 42.2 Å². The summed E-state index contributed by atoms with van der Waals surface area (Å²) < 4.78 is 0. The summed E-state index contributed by atoms with van der Waals surface area (Å²) in [5.41, 5.74) is 0.670. The number of carbonyl (C=O) groups is 1. The Balaban J connectivity index is 2.27. The van der Waals surface area contributed by atoms with Crippen LogP contribution >= 0.6 is 23.2 Å². The fraction of sp³-hybridized carbons (Fsp3) is 0.462. The van der Waals surface area contributed by atoms with E-state index in [-0.39, 0.29) is 0 Å². The van der Waals surface area contributed by atoms with Gasteiger partial charge in [-0.1, -0.05) is 29.3 Å². The molecule has 0 amide bonds. The summed E-state index contributed by atoms with van der Waals surface area (Å²) in [4.78, 5) is 13.5. The highest BCUT2D eigenvalue weighted by atomic mass is 35.5. The molecule has 1 aliphatic rings. The summed E-state index contributed by atoms with van der Waals surface area (Å²) >= 11 is 11.9. The molecule has 1 atom stereocenters. The summed E-state index contributed by atoms with van der Waals surface area (Å²) in [6.07, 6.45) is 0.936. The normalized spacial score (nSPS) is 18.8. The van der Waals surface area contributed by atoms with Gasteiger partial charge >= 0.3 is 5.97 Å². The highest BCUT2D eigenvalue weighted by Crippen LogP contribution is 2.28. The molecule has 0 aromatic heterocycles. The number of carboxylic acid groups (broad SMARTS) is 1. The molecule has 0 bridgehead atoms. The average molecular weight is 303 g/mol. The van der Waals surface area contributed by atoms with Crippen LogP contribution in [0.2, 0.25) is 10.0 Å². The van der Waals surface area contributed by atoms with Crippen LogP contribution in [-0.2, 0) is 4.79 Å². The SMILES string of the molecule is O=C(O)C(c1ccc(Cl)c(Cl)c1)N1CCCNCC1. The lowest BCUT2D eigenvalue weighted by atomic mass is 10.1. The molecule has 0 spiro atoms. The summed E-state index contributed by atoms with van der Waals surface area (Å²) in [5, 5.41) is 13.6. The van der Waals surface area contributed by atoms with Gasteiger partial charge in [0.15, 0.2) is 0 Å². The minimum atomic E-state index is -0.861. The average Bonchev–Trinajstić information content (AvgIpc) is 2.62. The zero-order valence-electron chi connectivity index (χ0n) is 10.4. The van der Waals surface area contributed by atoms with Crippen molar-refractivity contribution >= 4 is 29.2 Å². The predicted octanol–water partition coefficient (Wildman–Crippen LogP) is 2.41. The molecule has 0 saturated carbocycles. The van der Waals surface area contributed by atoms with E-state index < -0.39 is 12.0 Å². The van der Waals surface area contributed by atoms with Gasteiger partial charge in [-0.2, -0.15) is 0 Å². The molecule has 1 aromatic rings. The fourth-order valence-electron chi connectivity index (χ4n) is 2.32. The number of halogens is 2. The van der Waals surface area contributed by atoms with Crippen molar-refractivity contribution in [3.05, 3.63) is 33.8 Å². The zero-order chi connectivity index (χ0) is 13.8. The van der Waals surface area contributed by atoms with Gasteiger partial charge < -0.3 is 10.4 Å². The fourth-order valence-corrected chi connectivity index (χ4v) is 2.62. The second-order valence-electron chi connectivity index (χ2n) is 4.55. The third-order valence-corrected chi connectivity index (χ3v) is 3.97. The van der Waals surface area contributed by atoms with Crippen molar-refractivity contribution < 1.29 is 9.90 Å². The van der Waals surface area contributed by atoms with Crippen LogP contribution in [0.4, 0.5) is 0 Å². The largest absolute Gasteiger partial charge is 0.480 e. The smallest absolute Gasteiger partial charge is 0.325 e. The molecule has 0 radical (unpaired) electrons. The van der Waals surface area contributed by atoms with Crippen molar-refractivity contribution in [3.63, 3.8) is 0 Å². The van der Waals surface area contributed by atoms with Crippen LogP contribution in [0.15, 0.2) is 18.2 Å². The first-order valence-electron chi connectivity index (χ1n) is 6.22.